The Bertz CT molecular complexity index is 302. The summed E-state index contributed by atoms with van der Waals surface area (Å²) in [6, 6.07) is 9.43. The van der Waals surface area contributed by atoms with Crippen molar-refractivity contribution in [1.29, 1.82) is 0 Å². The first kappa shape index (κ1) is 12.0. The van der Waals surface area contributed by atoms with Crippen molar-refractivity contribution in [3.63, 3.8) is 0 Å². The molecule has 0 radical (unpaired) electrons. The number of hydrogen-bond acceptors (Lipinski definition) is 0. The van der Waals surface area contributed by atoms with Gasteiger partial charge in [0.2, 0.25) is 0 Å². The Balaban J connectivity index is 2.92. The van der Waals surface area contributed by atoms with E-state index in [-0.39, 0.29) is 0 Å². The summed E-state index contributed by atoms with van der Waals surface area (Å²) in [6.45, 7) is 0. The zero-order valence-electron chi connectivity index (χ0n) is 6.38. The van der Waals surface area contributed by atoms with Crippen LogP contribution in [0.25, 0.3) is 5.03 Å². The van der Waals surface area contributed by atoms with E-state index in [1.807, 2.05) is 30.3 Å². The van der Waals surface area contributed by atoms with E-state index in [2.05, 4.69) is 0 Å². The van der Waals surface area contributed by atoms with Crippen LogP contribution in [-0.2, 0) is 0 Å². The molecule has 0 spiro atoms. The maximum absolute atomic E-state index is 5.95. The van der Waals surface area contributed by atoms with E-state index >= 15 is 0 Å². The zero-order valence-corrected chi connectivity index (χ0v) is 11.7. The molecule has 1 aromatic rings. The Morgan fingerprint density at radius 2 is 1.62 bits per heavy atom. The van der Waals surface area contributed by atoms with E-state index in [1.165, 1.54) is 0 Å². The molecule has 0 N–H and O–H groups in total. The average Bonchev–Trinajstić information content (AvgIpc) is 2.03. The summed E-state index contributed by atoms with van der Waals surface area (Å²) in [6.07, 6.45) is 0. The summed E-state index contributed by atoms with van der Waals surface area (Å²) in [4.78, 5) is 0. The molecule has 1 rings (SSSR count). The van der Waals surface area contributed by atoms with Gasteiger partial charge in [-0.15, -0.1) is 0 Å². The van der Waals surface area contributed by atoms with E-state index < -0.39 is 14.8 Å². The van der Waals surface area contributed by atoms with Gasteiger partial charge in [-0.05, 0) is 0 Å². The predicted octanol–water partition coefficient (Wildman–Crippen LogP) is 4.46. The van der Waals surface area contributed by atoms with Gasteiger partial charge in [0.15, 0.2) is 0 Å². The quantitative estimate of drug-likeness (QED) is 0.673. The average molecular weight is 372 g/mol. The second-order valence-corrected chi connectivity index (χ2v) is 18.9. The molecular formula is C8H6Cl4Te. The second kappa shape index (κ2) is 5.12. The maximum atomic E-state index is 5.95. The van der Waals surface area contributed by atoms with Crippen molar-refractivity contribution in [3.8, 4) is 0 Å². The normalized spacial score (nSPS) is 14.3. The van der Waals surface area contributed by atoms with Crippen LogP contribution in [-0.4, -0.2) is 14.8 Å². The fraction of sp³-hybridized carbons (Fsp3) is 0. The molecule has 0 nitrogen and oxygen atoms in total. The summed E-state index contributed by atoms with van der Waals surface area (Å²) in [5, 5.41) is 0.516. The van der Waals surface area contributed by atoms with Crippen molar-refractivity contribution in [2.75, 3.05) is 0 Å². The minimum atomic E-state index is -3.27. The van der Waals surface area contributed by atoms with Gasteiger partial charge in [-0.1, -0.05) is 0 Å². The monoisotopic (exact) mass is 372 g/mol. The van der Waals surface area contributed by atoms with Crippen molar-refractivity contribution in [2.24, 2.45) is 0 Å². The molecule has 0 aromatic heterocycles. The van der Waals surface area contributed by atoms with Crippen LogP contribution in [0.2, 0.25) is 0 Å². The van der Waals surface area contributed by atoms with E-state index in [4.69, 9.17) is 38.5 Å². The van der Waals surface area contributed by atoms with Gasteiger partial charge in [0, 0.05) is 0 Å². The Kier molecular flexibility index (Phi) is 4.72. The molecule has 0 heterocycles. The first-order valence-electron chi connectivity index (χ1n) is 3.34. The second-order valence-electron chi connectivity index (χ2n) is 2.27. The molecule has 0 amide bonds. The van der Waals surface area contributed by atoms with Gasteiger partial charge in [-0.3, -0.25) is 0 Å². The van der Waals surface area contributed by atoms with Gasteiger partial charge in [-0.25, -0.2) is 0 Å². The molecule has 0 unspecified atom stereocenters. The SMILES string of the molecule is Cl/C(=C\[Te](Cl)(Cl)Cl)c1ccccc1. The first-order chi connectivity index (χ1) is 5.99. The van der Waals surface area contributed by atoms with E-state index in [0.29, 0.717) is 5.03 Å². The number of hydrogen-bond donors (Lipinski definition) is 0. The van der Waals surface area contributed by atoms with Crippen molar-refractivity contribution in [1.82, 2.24) is 0 Å². The van der Waals surface area contributed by atoms with Crippen molar-refractivity contribution < 1.29 is 0 Å². The molecule has 0 aliphatic carbocycles. The molecule has 0 aliphatic heterocycles. The summed E-state index contributed by atoms with van der Waals surface area (Å²) in [5.41, 5.74) is 0.877. The number of benzene rings is 1. The third-order valence-electron chi connectivity index (χ3n) is 1.29. The van der Waals surface area contributed by atoms with Gasteiger partial charge >= 0.3 is 98.4 Å². The van der Waals surface area contributed by atoms with E-state index in [1.54, 1.807) is 4.12 Å². The standard InChI is InChI=1S/C8H6Cl4Te/c9-8(6-13(10,11)12)7-4-2-1-3-5-7/h1-6H/b8-6-. The van der Waals surface area contributed by atoms with E-state index in [9.17, 15) is 0 Å². The van der Waals surface area contributed by atoms with E-state index in [0.717, 1.165) is 5.56 Å². The van der Waals surface area contributed by atoms with Gasteiger partial charge < -0.3 is 0 Å². The molecule has 0 aliphatic rings. The summed E-state index contributed by atoms with van der Waals surface area (Å²) in [7, 11) is 17.2. The Morgan fingerprint density at radius 3 is 2.08 bits per heavy atom. The molecule has 1 aromatic carbocycles. The number of halogens is 4. The minimum absolute atomic E-state index is 0.516. The molecule has 0 fully saturated rings. The van der Waals surface area contributed by atoms with Crippen LogP contribution in [0.5, 0.6) is 0 Å². The third-order valence-corrected chi connectivity index (χ3v) is 5.25. The molecule has 0 saturated carbocycles. The Labute approximate surface area is 97.5 Å². The van der Waals surface area contributed by atoms with Crippen molar-refractivity contribution in [3.05, 3.63) is 40.0 Å². The van der Waals surface area contributed by atoms with Gasteiger partial charge in [0.05, 0.1) is 0 Å². The fourth-order valence-electron chi connectivity index (χ4n) is 0.783. The molecule has 0 atom stereocenters. The molecule has 13 heavy (non-hydrogen) atoms. The van der Waals surface area contributed by atoms with Crippen LogP contribution in [0.4, 0.5) is 0 Å². The van der Waals surface area contributed by atoms with Crippen LogP contribution in [0.1, 0.15) is 5.56 Å². The molecule has 72 valence electrons. The Morgan fingerprint density at radius 1 is 1.08 bits per heavy atom. The van der Waals surface area contributed by atoms with Crippen molar-refractivity contribution >= 4 is 58.3 Å². The van der Waals surface area contributed by atoms with Crippen LogP contribution in [0, 0.1) is 0 Å². The molecule has 0 saturated heterocycles. The van der Waals surface area contributed by atoms with Crippen LogP contribution >= 0.6 is 38.5 Å². The molecule has 0 bridgehead atoms. The van der Waals surface area contributed by atoms with Gasteiger partial charge in [0.1, 0.15) is 0 Å². The van der Waals surface area contributed by atoms with Crippen LogP contribution in [0.15, 0.2) is 34.5 Å². The molecular weight excluding hydrogens is 366 g/mol. The summed E-state index contributed by atoms with van der Waals surface area (Å²) < 4.78 is 1.56. The van der Waals surface area contributed by atoms with Crippen LogP contribution < -0.4 is 0 Å². The van der Waals surface area contributed by atoms with Crippen LogP contribution in [0.3, 0.4) is 0 Å². The van der Waals surface area contributed by atoms with Gasteiger partial charge in [0.25, 0.3) is 0 Å². The predicted molar refractivity (Wildman–Crippen MR) is 63.6 cm³/mol. The molecule has 5 heteroatoms. The third kappa shape index (κ3) is 4.79. The topological polar surface area (TPSA) is 0 Å². The van der Waals surface area contributed by atoms with Gasteiger partial charge in [-0.2, -0.15) is 0 Å². The Hall–Kier alpha value is 0.910. The first-order valence-corrected chi connectivity index (χ1v) is 13.9. The zero-order chi connectivity index (χ0) is 9.90. The summed E-state index contributed by atoms with van der Waals surface area (Å²) in [5.74, 6) is 0. The number of rotatable bonds is 2. The fourth-order valence-corrected chi connectivity index (χ4v) is 5.57. The van der Waals surface area contributed by atoms with Crippen molar-refractivity contribution in [2.45, 2.75) is 0 Å². The summed E-state index contributed by atoms with van der Waals surface area (Å²) >= 11 is 2.68.